The number of methoxy groups -OCH3 is 1. The minimum Gasteiger partial charge on any atom is -0.484 e. The normalized spacial score (nSPS) is 14.5. The number of pyridine rings is 1. The fourth-order valence-electron chi connectivity index (χ4n) is 3.42. The SMILES string of the molecule is COc1ccc(C(=O)N2CCC(c3noc(COc4ccc(C)cc4)n3)CC2)cn1. The van der Waals surface area contributed by atoms with Gasteiger partial charge in [-0.1, -0.05) is 22.9 Å². The monoisotopic (exact) mass is 408 g/mol. The zero-order valence-electron chi connectivity index (χ0n) is 17.1. The van der Waals surface area contributed by atoms with Gasteiger partial charge in [-0.15, -0.1) is 0 Å². The Balaban J connectivity index is 1.29. The van der Waals surface area contributed by atoms with Crippen LogP contribution in [0.5, 0.6) is 11.6 Å². The topological polar surface area (TPSA) is 90.6 Å². The first kappa shape index (κ1) is 19.9. The lowest BCUT2D eigenvalue weighted by Gasteiger charge is -2.30. The van der Waals surface area contributed by atoms with Crippen molar-refractivity contribution < 1.29 is 18.8 Å². The Morgan fingerprint density at radius 1 is 1.17 bits per heavy atom. The summed E-state index contributed by atoms with van der Waals surface area (Å²) in [5, 5.41) is 4.12. The molecule has 1 aromatic carbocycles. The molecule has 4 rings (SSSR count). The van der Waals surface area contributed by atoms with Crippen LogP contribution in [0, 0.1) is 6.92 Å². The number of aromatic nitrogens is 3. The molecular formula is C22H24N4O4. The summed E-state index contributed by atoms with van der Waals surface area (Å²) in [6, 6.07) is 11.2. The molecule has 0 radical (unpaired) electrons. The number of carbonyl (C=O) groups is 1. The molecule has 8 heteroatoms. The average Bonchev–Trinajstić information content (AvgIpc) is 3.27. The van der Waals surface area contributed by atoms with Gasteiger partial charge in [0.2, 0.25) is 5.88 Å². The summed E-state index contributed by atoms with van der Waals surface area (Å²) in [6.45, 7) is 3.54. The largest absolute Gasteiger partial charge is 0.484 e. The lowest BCUT2D eigenvalue weighted by atomic mass is 9.96. The highest BCUT2D eigenvalue weighted by Crippen LogP contribution is 2.27. The van der Waals surface area contributed by atoms with E-state index in [-0.39, 0.29) is 18.4 Å². The maximum absolute atomic E-state index is 12.7. The average molecular weight is 408 g/mol. The molecule has 0 atom stereocenters. The highest BCUT2D eigenvalue weighted by Gasteiger charge is 2.27. The van der Waals surface area contributed by atoms with Crippen molar-refractivity contribution in [2.24, 2.45) is 0 Å². The van der Waals surface area contributed by atoms with Crippen LogP contribution in [0.2, 0.25) is 0 Å². The molecule has 1 fully saturated rings. The number of benzene rings is 1. The molecule has 1 amide bonds. The van der Waals surface area contributed by atoms with Crippen LogP contribution in [0.4, 0.5) is 0 Å². The van der Waals surface area contributed by atoms with Gasteiger partial charge in [0, 0.05) is 31.3 Å². The van der Waals surface area contributed by atoms with Crippen molar-refractivity contribution >= 4 is 5.91 Å². The van der Waals surface area contributed by atoms with Gasteiger partial charge in [-0.25, -0.2) is 4.98 Å². The number of aryl methyl sites for hydroxylation is 1. The smallest absolute Gasteiger partial charge is 0.264 e. The van der Waals surface area contributed by atoms with Crippen LogP contribution in [0.25, 0.3) is 0 Å². The van der Waals surface area contributed by atoms with Crippen molar-refractivity contribution in [3.05, 3.63) is 65.4 Å². The van der Waals surface area contributed by atoms with Gasteiger partial charge < -0.3 is 18.9 Å². The van der Waals surface area contributed by atoms with Gasteiger partial charge in [0.1, 0.15) is 5.75 Å². The summed E-state index contributed by atoms with van der Waals surface area (Å²) >= 11 is 0. The van der Waals surface area contributed by atoms with Crippen molar-refractivity contribution in [3.63, 3.8) is 0 Å². The number of ether oxygens (including phenoxy) is 2. The zero-order chi connectivity index (χ0) is 20.9. The standard InChI is InChI=1S/C22H24N4O4/c1-15-3-6-18(7-4-15)29-14-20-24-21(25-30-20)16-9-11-26(12-10-16)22(27)17-5-8-19(28-2)23-13-17/h3-8,13,16H,9-12,14H2,1-2H3. The lowest BCUT2D eigenvalue weighted by molar-refractivity contribution is 0.0710. The highest BCUT2D eigenvalue weighted by atomic mass is 16.5. The number of hydrogen-bond acceptors (Lipinski definition) is 7. The predicted octanol–water partition coefficient (Wildman–Crippen LogP) is 3.38. The van der Waals surface area contributed by atoms with Crippen molar-refractivity contribution in [1.82, 2.24) is 20.0 Å². The molecule has 3 aromatic rings. The number of piperidine rings is 1. The Hall–Kier alpha value is -3.42. The molecule has 156 valence electrons. The molecule has 0 N–H and O–H groups in total. The Morgan fingerprint density at radius 2 is 1.93 bits per heavy atom. The van der Waals surface area contributed by atoms with Gasteiger partial charge in [-0.3, -0.25) is 4.79 Å². The molecule has 0 unspecified atom stereocenters. The Morgan fingerprint density at radius 3 is 2.60 bits per heavy atom. The van der Waals surface area contributed by atoms with E-state index in [0.717, 1.165) is 18.6 Å². The molecule has 30 heavy (non-hydrogen) atoms. The van der Waals surface area contributed by atoms with Gasteiger partial charge in [0.15, 0.2) is 12.4 Å². The molecule has 1 saturated heterocycles. The van der Waals surface area contributed by atoms with Crippen LogP contribution in [0.15, 0.2) is 47.1 Å². The van der Waals surface area contributed by atoms with E-state index < -0.39 is 0 Å². The Labute approximate surface area is 174 Å². The van der Waals surface area contributed by atoms with E-state index >= 15 is 0 Å². The molecule has 0 bridgehead atoms. The van der Waals surface area contributed by atoms with Crippen molar-refractivity contribution in [1.29, 1.82) is 0 Å². The van der Waals surface area contributed by atoms with E-state index in [1.54, 1.807) is 25.4 Å². The highest BCUT2D eigenvalue weighted by molar-refractivity contribution is 5.94. The van der Waals surface area contributed by atoms with Crippen LogP contribution < -0.4 is 9.47 Å². The first-order valence-corrected chi connectivity index (χ1v) is 9.93. The molecule has 1 aliphatic rings. The molecular weight excluding hydrogens is 384 g/mol. The maximum Gasteiger partial charge on any atom is 0.264 e. The van der Waals surface area contributed by atoms with Crippen molar-refractivity contribution in [3.8, 4) is 11.6 Å². The maximum atomic E-state index is 12.7. The Bertz CT molecular complexity index is 977. The minimum absolute atomic E-state index is 0.0242. The van der Waals surface area contributed by atoms with Crippen molar-refractivity contribution in [2.75, 3.05) is 20.2 Å². The summed E-state index contributed by atoms with van der Waals surface area (Å²) in [6.07, 6.45) is 3.12. The van der Waals surface area contributed by atoms with E-state index in [1.807, 2.05) is 36.1 Å². The van der Waals surface area contributed by atoms with Gasteiger partial charge in [0.05, 0.1) is 12.7 Å². The van der Waals surface area contributed by atoms with Gasteiger partial charge in [0.25, 0.3) is 11.8 Å². The van der Waals surface area contributed by atoms with Crippen LogP contribution in [-0.2, 0) is 6.61 Å². The number of carbonyl (C=O) groups excluding carboxylic acids is 1. The summed E-state index contributed by atoms with van der Waals surface area (Å²) in [7, 11) is 1.55. The number of rotatable bonds is 6. The summed E-state index contributed by atoms with van der Waals surface area (Å²) in [4.78, 5) is 23.1. The third kappa shape index (κ3) is 4.59. The van der Waals surface area contributed by atoms with Crippen LogP contribution >= 0.6 is 0 Å². The summed E-state index contributed by atoms with van der Waals surface area (Å²) in [5.74, 6) is 2.53. The van der Waals surface area contributed by atoms with E-state index in [4.69, 9.17) is 14.0 Å². The number of nitrogens with zero attached hydrogens (tertiary/aromatic N) is 4. The lowest BCUT2D eigenvalue weighted by Crippen LogP contribution is -2.38. The summed E-state index contributed by atoms with van der Waals surface area (Å²) < 4.78 is 16.1. The Kier molecular flexibility index (Phi) is 5.92. The second-order valence-corrected chi connectivity index (χ2v) is 7.30. The third-order valence-corrected chi connectivity index (χ3v) is 5.21. The van der Waals surface area contributed by atoms with E-state index in [2.05, 4.69) is 15.1 Å². The molecule has 2 aromatic heterocycles. The molecule has 1 aliphatic heterocycles. The fourth-order valence-corrected chi connectivity index (χ4v) is 3.42. The van der Waals surface area contributed by atoms with Crippen molar-refractivity contribution in [2.45, 2.75) is 32.3 Å². The molecule has 8 nitrogen and oxygen atoms in total. The van der Waals surface area contributed by atoms with E-state index in [0.29, 0.717) is 36.2 Å². The van der Waals surface area contributed by atoms with Gasteiger partial charge in [-0.05, 0) is 38.0 Å². The number of hydrogen-bond donors (Lipinski definition) is 0. The van der Waals surface area contributed by atoms with E-state index in [9.17, 15) is 4.79 Å². The second kappa shape index (κ2) is 8.94. The third-order valence-electron chi connectivity index (χ3n) is 5.21. The van der Waals surface area contributed by atoms with Crippen LogP contribution in [-0.4, -0.2) is 46.1 Å². The second-order valence-electron chi connectivity index (χ2n) is 7.30. The number of amides is 1. The molecule has 0 aliphatic carbocycles. The van der Waals surface area contributed by atoms with Gasteiger partial charge >= 0.3 is 0 Å². The van der Waals surface area contributed by atoms with Gasteiger partial charge in [-0.2, -0.15) is 4.98 Å². The van der Waals surface area contributed by atoms with Crippen LogP contribution in [0.3, 0.4) is 0 Å². The molecule has 0 spiro atoms. The zero-order valence-corrected chi connectivity index (χ0v) is 17.1. The first-order valence-electron chi connectivity index (χ1n) is 9.93. The summed E-state index contributed by atoms with van der Waals surface area (Å²) in [5.41, 5.74) is 1.74. The fraction of sp³-hybridized carbons (Fsp3) is 0.364. The quantitative estimate of drug-likeness (QED) is 0.617. The molecule has 3 heterocycles. The number of likely N-dealkylation sites (tertiary alicyclic amines) is 1. The van der Waals surface area contributed by atoms with E-state index in [1.165, 1.54) is 5.56 Å². The predicted molar refractivity (Wildman–Crippen MR) is 108 cm³/mol. The van der Waals surface area contributed by atoms with Crippen LogP contribution in [0.1, 0.15) is 46.4 Å². The molecule has 0 saturated carbocycles. The minimum atomic E-state index is -0.0242. The first-order chi connectivity index (χ1) is 14.6.